The van der Waals surface area contributed by atoms with Gasteiger partial charge in [-0.3, -0.25) is 19.8 Å². The fraction of sp³-hybridized carbons (Fsp3) is 0.423. The van der Waals surface area contributed by atoms with Gasteiger partial charge in [0.15, 0.2) is 0 Å². The van der Waals surface area contributed by atoms with Crippen molar-refractivity contribution in [3.63, 3.8) is 0 Å². The number of amides is 1. The van der Waals surface area contributed by atoms with Crippen LogP contribution < -0.4 is 5.32 Å². The van der Waals surface area contributed by atoms with Crippen LogP contribution in [0.15, 0.2) is 60.7 Å². The molecule has 1 amide bonds. The van der Waals surface area contributed by atoms with E-state index >= 15 is 0 Å². The van der Waals surface area contributed by atoms with E-state index in [0.717, 1.165) is 31.5 Å². The molecule has 33 heavy (non-hydrogen) atoms. The maximum absolute atomic E-state index is 13.0. The first kappa shape index (κ1) is 24.6. The standard InChI is InChI=1S/C26H33N3O4/c1-19(2)18-23(27-26(31)21-11-13-22(14-12-21)29(32)33)25(28-16-6-7-17-28)24(30)15-10-20-8-4-3-5-9-20/h3-5,8-15,19,23-25,30H,6-7,16-18H2,1-2H3,(H,27,31)/b15-10+/t23-,24-,25-/m0/s1. The summed E-state index contributed by atoms with van der Waals surface area (Å²) in [7, 11) is 0. The summed E-state index contributed by atoms with van der Waals surface area (Å²) in [6.07, 6.45) is 5.80. The summed E-state index contributed by atoms with van der Waals surface area (Å²) in [6.45, 7) is 5.95. The number of nitrogens with one attached hydrogen (secondary N) is 1. The molecule has 0 bridgehead atoms. The molecule has 2 aromatic rings. The lowest BCUT2D eigenvalue weighted by atomic mass is 9.91. The molecule has 0 aliphatic carbocycles. The summed E-state index contributed by atoms with van der Waals surface area (Å²) in [4.78, 5) is 25.7. The lowest BCUT2D eigenvalue weighted by Crippen LogP contribution is -2.56. The molecule has 1 aliphatic heterocycles. The molecular formula is C26H33N3O4. The first-order valence-electron chi connectivity index (χ1n) is 11.6. The number of nitro groups is 1. The van der Waals surface area contributed by atoms with E-state index in [1.807, 2.05) is 42.5 Å². The average molecular weight is 452 g/mol. The molecule has 2 N–H and O–H groups in total. The average Bonchev–Trinajstić information content (AvgIpc) is 3.32. The fourth-order valence-electron chi connectivity index (χ4n) is 4.41. The highest BCUT2D eigenvalue weighted by atomic mass is 16.6. The molecule has 2 aromatic carbocycles. The van der Waals surface area contributed by atoms with Crippen molar-refractivity contribution in [2.45, 2.75) is 51.3 Å². The molecule has 1 saturated heterocycles. The minimum absolute atomic E-state index is 0.0540. The van der Waals surface area contributed by atoms with Crippen molar-refractivity contribution in [3.05, 3.63) is 81.9 Å². The monoisotopic (exact) mass is 451 g/mol. The number of aliphatic hydroxyl groups excluding tert-OH is 1. The van der Waals surface area contributed by atoms with Gasteiger partial charge in [0.05, 0.1) is 17.1 Å². The van der Waals surface area contributed by atoms with Crippen molar-refractivity contribution in [2.24, 2.45) is 5.92 Å². The third-order valence-corrected chi connectivity index (χ3v) is 5.99. The number of non-ortho nitro benzene ring substituents is 1. The van der Waals surface area contributed by atoms with Crippen LogP contribution in [0.4, 0.5) is 5.69 Å². The summed E-state index contributed by atoms with van der Waals surface area (Å²) in [5, 5.41) is 25.3. The first-order valence-corrected chi connectivity index (χ1v) is 11.6. The quantitative estimate of drug-likeness (QED) is 0.415. The number of benzene rings is 2. The summed E-state index contributed by atoms with van der Waals surface area (Å²) < 4.78 is 0. The number of likely N-dealkylation sites (tertiary alicyclic amines) is 1. The smallest absolute Gasteiger partial charge is 0.269 e. The van der Waals surface area contributed by atoms with Crippen molar-refractivity contribution in [1.29, 1.82) is 0 Å². The predicted molar refractivity (Wildman–Crippen MR) is 130 cm³/mol. The van der Waals surface area contributed by atoms with Crippen molar-refractivity contribution in [1.82, 2.24) is 10.2 Å². The molecule has 0 saturated carbocycles. The second kappa shape index (κ2) is 11.7. The van der Waals surface area contributed by atoms with Crippen molar-refractivity contribution in [3.8, 4) is 0 Å². The number of nitrogens with zero attached hydrogens (tertiary/aromatic N) is 2. The Labute approximate surface area is 195 Å². The highest BCUT2D eigenvalue weighted by Gasteiger charge is 2.35. The highest BCUT2D eigenvalue weighted by molar-refractivity contribution is 5.94. The molecule has 0 unspecified atom stereocenters. The lowest BCUT2D eigenvalue weighted by Gasteiger charge is -2.38. The molecule has 0 aromatic heterocycles. The molecular weight excluding hydrogens is 418 g/mol. The third kappa shape index (κ3) is 6.97. The van der Waals surface area contributed by atoms with Crippen molar-refractivity contribution < 1.29 is 14.8 Å². The van der Waals surface area contributed by atoms with Crippen LogP contribution in [0.25, 0.3) is 6.08 Å². The molecule has 1 fully saturated rings. The zero-order valence-electron chi connectivity index (χ0n) is 19.3. The van der Waals surface area contributed by atoms with E-state index in [2.05, 4.69) is 24.1 Å². The Morgan fingerprint density at radius 2 is 1.76 bits per heavy atom. The van der Waals surface area contributed by atoms with Gasteiger partial charge in [-0.15, -0.1) is 0 Å². The molecule has 176 valence electrons. The molecule has 0 radical (unpaired) electrons. The molecule has 3 atom stereocenters. The Morgan fingerprint density at radius 1 is 1.12 bits per heavy atom. The van der Waals surface area contributed by atoms with Crippen LogP contribution >= 0.6 is 0 Å². The number of carbonyl (C=O) groups is 1. The maximum Gasteiger partial charge on any atom is 0.269 e. The second-order valence-corrected chi connectivity index (χ2v) is 9.01. The molecule has 0 spiro atoms. The largest absolute Gasteiger partial charge is 0.387 e. The minimum Gasteiger partial charge on any atom is -0.387 e. The molecule has 7 nitrogen and oxygen atoms in total. The first-order chi connectivity index (χ1) is 15.8. The Balaban J connectivity index is 1.83. The van der Waals surface area contributed by atoms with E-state index in [0.29, 0.717) is 17.9 Å². The van der Waals surface area contributed by atoms with Gasteiger partial charge in [-0.25, -0.2) is 0 Å². The number of hydrogen-bond donors (Lipinski definition) is 2. The number of nitro benzene ring substituents is 1. The van der Waals surface area contributed by atoms with E-state index in [4.69, 9.17) is 0 Å². The van der Waals surface area contributed by atoms with Crippen molar-refractivity contribution >= 4 is 17.7 Å². The maximum atomic E-state index is 13.0. The Morgan fingerprint density at radius 3 is 2.33 bits per heavy atom. The lowest BCUT2D eigenvalue weighted by molar-refractivity contribution is -0.384. The number of hydrogen-bond acceptors (Lipinski definition) is 5. The van der Waals surface area contributed by atoms with Crippen LogP contribution in [0, 0.1) is 16.0 Å². The predicted octanol–water partition coefficient (Wildman–Crippen LogP) is 4.28. The zero-order valence-corrected chi connectivity index (χ0v) is 19.3. The van der Waals surface area contributed by atoms with Crippen LogP contribution in [0.2, 0.25) is 0 Å². The van der Waals surface area contributed by atoms with Gasteiger partial charge in [0.1, 0.15) is 0 Å². The van der Waals surface area contributed by atoms with Crippen LogP contribution in [0.1, 0.15) is 49.0 Å². The minimum atomic E-state index is -0.760. The van der Waals surface area contributed by atoms with Gasteiger partial charge in [-0.2, -0.15) is 0 Å². The van der Waals surface area contributed by atoms with Gasteiger partial charge in [0, 0.05) is 23.7 Å². The normalized spacial score (nSPS) is 17.2. The summed E-state index contributed by atoms with van der Waals surface area (Å²) in [6, 6.07) is 14.9. The van der Waals surface area contributed by atoms with E-state index in [9.17, 15) is 20.0 Å². The summed E-state index contributed by atoms with van der Waals surface area (Å²) in [5.41, 5.74) is 1.32. The van der Waals surface area contributed by atoms with Gasteiger partial charge in [0.25, 0.3) is 11.6 Å². The van der Waals surface area contributed by atoms with Crippen LogP contribution in [0.3, 0.4) is 0 Å². The van der Waals surface area contributed by atoms with Gasteiger partial charge in [-0.1, -0.05) is 56.3 Å². The van der Waals surface area contributed by atoms with Crippen LogP contribution in [0.5, 0.6) is 0 Å². The summed E-state index contributed by atoms with van der Waals surface area (Å²) >= 11 is 0. The van der Waals surface area contributed by atoms with Crippen LogP contribution in [-0.4, -0.2) is 52.1 Å². The van der Waals surface area contributed by atoms with Gasteiger partial charge < -0.3 is 10.4 Å². The van der Waals surface area contributed by atoms with Gasteiger partial charge in [0.2, 0.25) is 0 Å². The van der Waals surface area contributed by atoms with Crippen molar-refractivity contribution in [2.75, 3.05) is 13.1 Å². The van der Waals surface area contributed by atoms with E-state index in [1.54, 1.807) is 0 Å². The topological polar surface area (TPSA) is 95.7 Å². The molecule has 3 rings (SSSR count). The second-order valence-electron chi connectivity index (χ2n) is 9.01. The van der Waals surface area contributed by atoms with E-state index in [-0.39, 0.29) is 23.7 Å². The third-order valence-electron chi connectivity index (χ3n) is 5.99. The van der Waals surface area contributed by atoms with Crippen LogP contribution in [-0.2, 0) is 0 Å². The Hall–Kier alpha value is -3.03. The van der Waals surface area contributed by atoms with Gasteiger partial charge in [-0.05, 0) is 56.0 Å². The van der Waals surface area contributed by atoms with E-state index < -0.39 is 11.0 Å². The number of carbonyl (C=O) groups excluding carboxylic acids is 1. The number of rotatable bonds is 10. The zero-order chi connectivity index (χ0) is 23.8. The highest BCUT2D eigenvalue weighted by Crippen LogP contribution is 2.23. The van der Waals surface area contributed by atoms with Gasteiger partial charge >= 0.3 is 0 Å². The summed E-state index contributed by atoms with van der Waals surface area (Å²) in [5.74, 6) is 0.0153. The number of aliphatic hydroxyl groups is 1. The Kier molecular flexibility index (Phi) is 8.74. The molecule has 7 heteroatoms. The Bertz CT molecular complexity index is 938. The van der Waals surface area contributed by atoms with E-state index in [1.165, 1.54) is 24.3 Å². The SMILES string of the molecule is CC(C)C[C@H](NC(=O)c1ccc([N+](=O)[O-])cc1)[C@@H]([C@@H](O)/C=C/c1ccccc1)N1CCCC1. The molecule has 1 heterocycles. The molecule has 1 aliphatic rings. The fourth-order valence-corrected chi connectivity index (χ4v) is 4.41.